The van der Waals surface area contributed by atoms with Crippen LogP contribution < -0.4 is 0 Å². The summed E-state index contributed by atoms with van der Waals surface area (Å²) >= 11 is 0. The second kappa shape index (κ2) is 3.46. The Balaban J connectivity index is 2.46. The van der Waals surface area contributed by atoms with Crippen molar-refractivity contribution in [2.24, 2.45) is 0 Å². The van der Waals surface area contributed by atoms with Crippen molar-refractivity contribution in [3.05, 3.63) is 41.9 Å². The number of imidazole rings is 1. The van der Waals surface area contributed by atoms with Crippen LogP contribution in [0.5, 0.6) is 0 Å². The zero-order chi connectivity index (χ0) is 9.97. The molecule has 3 heteroatoms. The van der Waals surface area contributed by atoms with Crippen LogP contribution in [0.3, 0.4) is 0 Å². The molecule has 0 saturated heterocycles. The molecule has 0 bridgehead atoms. The van der Waals surface area contributed by atoms with Crippen LogP contribution in [0.25, 0.3) is 11.3 Å². The van der Waals surface area contributed by atoms with Gasteiger partial charge in [-0.05, 0) is 13.0 Å². The fraction of sp³-hybridized carbons (Fsp3) is 0.0909. The first-order valence-electron chi connectivity index (χ1n) is 4.37. The van der Waals surface area contributed by atoms with E-state index in [1.807, 2.05) is 25.1 Å². The van der Waals surface area contributed by atoms with Crippen LogP contribution in [0.15, 0.2) is 30.5 Å². The van der Waals surface area contributed by atoms with Crippen LogP contribution in [-0.4, -0.2) is 16.3 Å². The molecule has 2 aromatic rings. The summed E-state index contributed by atoms with van der Waals surface area (Å²) in [5.41, 5.74) is 2.59. The molecule has 1 aromatic heterocycles. The van der Waals surface area contributed by atoms with Gasteiger partial charge in [-0.3, -0.25) is 4.79 Å². The Kier molecular flexibility index (Phi) is 2.14. The van der Waals surface area contributed by atoms with E-state index < -0.39 is 0 Å². The molecule has 0 aliphatic heterocycles. The second-order valence-electron chi connectivity index (χ2n) is 3.13. The maximum Gasteiger partial charge on any atom is 0.150 e. The van der Waals surface area contributed by atoms with Crippen molar-refractivity contribution in [3.63, 3.8) is 0 Å². The van der Waals surface area contributed by atoms with Gasteiger partial charge in [0.05, 0.1) is 11.9 Å². The molecule has 0 unspecified atom stereocenters. The number of aryl methyl sites for hydroxylation is 1. The second-order valence-corrected chi connectivity index (χ2v) is 3.13. The van der Waals surface area contributed by atoms with Crippen molar-refractivity contribution in [2.45, 2.75) is 6.92 Å². The van der Waals surface area contributed by atoms with E-state index in [9.17, 15) is 4.79 Å². The number of carbonyl (C=O) groups is 1. The standard InChI is InChI=1S/C11H10N2O/c1-8-12-6-11(13-8)10-4-2-3-9(5-10)7-14/h2-7H,1H3,(H,12,13). The van der Waals surface area contributed by atoms with Crippen molar-refractivity contribution in [2.75, 3.05) is 0 Å². The molecule has 2 rings (SSSR count). The quantitative estimate of drug-likeness (QED) is 0.731. The van der Waals surface area contributed by atoms with Gasteiger partial charge < -0.3 is 4.98 Å². The predicted octanol–water partition coefficient (Wildman–Crippen LogP) is 2.20. The minimum atomic E-state index is 0.676. The van der Waals surface area contributed by atoms with Crippen LogP contribution >= 0.6 is 0 Å². The van der Waals surface area contributed by atoms with Gasteiger partial charge in [0.15, 0.2) is 0 Å². The van der Waals surface area contributed by atoms with Gasteiger partial charge in [0.25, 0.3) is 0 Å². The molecule has 0 aliphatic carbocycles. The first-order chi connectivity index (χ1) is 6.79. The highest BCUT2D eigenvalue weighted by atomic mass is 16.1. The van der Waals surface area contributed by atoms with Gasteiger partial charge in [0.1, 0.15) is 12.1 Å². The Morgan fingerprint density at radius 1 is 1.43 bits per heavy atom. The number of aldehydes is 1. The molecule has 0 aliphatic rings. The molecule has 1 aromatic carbocycles. The van der Waals surface area contributed by atoms with Gasteiger partial charge in [-0.2, -0.15) is 0 Å². The number of nitrogens with one attached hydrogen (secondary N) is 1. The van der Waals surface area contributed by atoms with Crippen molar-refractivity contribution >= 4 is 6.29 Å². The van der Waals surface area contributed by atoms with E-state index in [1.165, 1.54) is 0 Å². The maximum absolute atomic E-state index is 10.6. The van der Waals surface area contributed by atoms with E-state index in [0.29, 0.717) is 5.56 Å². The van der Waals surface area contributed by atoms with Gasteiger partial charge in [-0.25, -0.2) is 4.98 Å². The minimum absolute atomic E-state index is 0.676. The average Bonchev–Trinajstić information content (AvgIpc) is 2.65. The molecule has 0 atom stereocenters. The monoisotopic (exact) mass is 186 g/mol. The van der Waals surface area contributed by atoms with Crippen molar-refractivity contribution in [1.82, 2.24) is 9.97 Å². The Morgan fingerprint density at radius 2 is 2.29 bits per heavy atom. The molecule has 3 nitrogen and oxygen atoms in total. The van der Waals surface area contributed by atoms with Crippen LogP contribution in [0.4, 0.5) is 0 Å². The summed E-state index contributed by atoms with van der Waals surface area (Å²) in [7, 11) is 0. The van der Waals surface area contributed by atoms with E-state index in [0.717, 1.165) is 23.4 Å². The van der Waals surface area contributed by atoms with Crippen molar-refractivity contribution in [1.29, 1.82) is 0 Å². The van der Waals surface area contributed by atoms with E-state index in [2.05, 4.69) is 9.97 Å². The smallest absolute Gasteiger partial charge is 0.150 e. The number of nitrogens with zero attached hydrogens (tertiary/aromatic N) is 1. The first-order valence-corrected chi connectivity index (χ1v) is 4.37. The van der Waals surface area contributed by atoms with Crippen molar-refractivity contribution in [3.8, 4) is 11.3 Å². The Bertz CT molecular complexity index is 460. The van der Waals surface area contributed by atoms with Crippen LogP contribution in [-0.2, 0) is 0 Å². The molecule has 1 heterocycles. The largest absolute Gasteiger partial charge is 0.342 e. The number of rotatable bonds is 2. The highest BCUT2D eigenvalue weighted by molar-refractivity contribution is 5.78. The molecule has 0 spiro atoms. The summed E-state index contributed by atoms with van der Waals surface area (Å²) in [6.45, 7) is 1.90. The lowest BCUT2D eigenvalue weighted by Crippen LogP contribution is -1.82. The number of hydrogen-bond acceptors (Lipinski definition) is 2. The summed E-state index contributed by atoms with van der Waals surface area (Å²) in [5.74, 6) is 0.872. The lowest BCUT2D eigenvalue weighted by Gasteiger charge is -1.97. The number of hydrogen-bond donors (Lipinski definition) is 1. The van der Waals surface area contributed by atoms with Gasteiger partial charge in [-0.15, -0.1) is 0 Å². The number of aromatic nitrogens is 2. The first kappa shape index (κ1) is 8.69. The van der Waals surface area contributed by atoms with Crippen molar-refractivity contribution < 1.29 is 4.79 Å². The third kappa shape index (κ3) is 1.57. The van der Waals surface area contributed by atoms with Crippen LogP contribution in [0.1, 0.15) is 16.2 Å². The fourth-order valence-corrected chi connectivity index (χ4v) is 1.35. The number of carbonyl (C=O) groups excluding carboxylic acids is 1. The number of benzene rings is 1. The Labute approximate surface area is 81.8 Å². The summed E-state index contributed by atoms with van der Waals surface area (Å²) in [6, 6.07) is 7.41. The third-order valence-electron chi connectivity index (χ3n) is 2.04. The van der Waals surface area contributed by atoms with Crippen LogP contribution in [0, 0.1) is 6.92 Å². The summed E-state index contributed by atoms with van der Waals surface area (Å²) in [6.07, 6.45) is 2.60. The molecule has 1 N–H and O–H groups in total. The molecular weight excluding hydrogens is 176 g/mol. The normalized spacial score (nSPS) is 10.1. The maximum atomic E-state index is 10.6. The topological polar surface area (TPSA) is 45.8 Å². The summed E-state index contributed by atoms with van der Waals surface area (Å²) < 4.78 is 0. The Morgan fingerprint density at radius 3 is 2.93 bits per heavy atom. The molecule has 0 saturated carbocycles. The molecule has 14 heavy (non-hydrogen) atoms. The van der Waals surface area contributed by atoms with E-state index >= 15 is 0 Å². The fourth-order valence-electron chi connectivity index (χ4n) is 1.35. The molecule has 70 valence electrons. The van der Waals surface area contributed by atoms with Gasteiger partial charge in [-0.1, -0.05) is 18.2 Å². The Hall–Kier alpha value is -1.90. The molecule has 0 amide bonds. The SMILES string of the molecule is Cc1ncc(-c2cccc(C=O)c2)[nH]1. The molecule has 0 radical (unpaired) electrons. The predicted molar refractivity (Wildman–Crippen MR) is 54.1 cm³/mol. The molecule has 0 fully saturated rings. The van der Waals surface area contributed by atoms with E-state index in [1.54, 1.807) is 12.3 Å². The zero-order valence-electron chi connectivity index (χ0n) is 7.82. The van der Waals surface area contributed by atoms with Gasteiger partial charge >= 0.3 is 0 Å². The zero-order valence-corrected chi connectivity index (χ0v) is 7.82. The highest BCUT2D eigenvalue weighted by Gasteiger charge is 2.00. The lowest BCUT2D eigenvalue weighted by molar-refractivity contribution is 0.112. The molecular formula is C11H10N2O. The number of H-pyrrole nitrogens is 1. The van der Waals surface area contributed by atoms with E-state index in [-0.39, 0.29) is 0 Å². The van der Waals surface area contributed by atoms with Gasteiger partial charge in [0, 0.05) is 11.1 Å². The lowest BCUT2D eigenvalue weighted by atomic mass is 10.1. The summed E-state index contributed by atoms with van der Waals surface area (Å²) in [4.78, 5) is 17.8. The van der Waals surface area contributed by atoms with Gasteiger partial charge in [0.2, 0.25) is 0 Å². The van der Waals surface area contributed by atoms with Crippen LogP contribution in [0.2, 0.25) is 0 Å². The average molecular weight is 186 g/mol. The minimum Gasteiger partial charge on any atom is -0.342 e. The highest BCUT2D eigenvalue weighted by Crippen LogP contribution is 2.17. The summed E-state index contributed by atoms with van der Waals surface area (Å²) in [5, 5.41) is 0. The third-order valence-corrected chi connectivity index (χ3v) is 2.04. The number of aromatic amines is 1. The van der Waals surface area contributed by atoms with E-state index in [4.69, 9.17) is 0 Å².